The molecule has 6 nitrogen and oxygen atoms in total. The van der Waals surface area contributed by atoms with Gasteiger partial charge in [-0.2, -0.15) is 5.10 Å². The van der Waals surface area contributed by atoms with Crippen molar-refractivity contribution in [3.05, 3.63) is 101 Å². The highest BCUT2D eigenvalue weighted by molar-refractivity contribution is 6.11. The lowest BCUT2D eigenvalue weighted by atomic mass is 9.93. The highest BCUT2D eigenvalue weighted by Gasteiger charge is 2.28. The molecule has 1 aliphatic carbocycles. The summed E-state index contributed by atoms with van der Waals surface area (Å²) in [6.45, 7) is 1.77. The monoisotopic (exact) mass is 455 g/mol. The van der Waals surface area contributed by atoms with Gasteiger partial charge in [0.15, 0.2) is 5.76 Å². The van der Waals surface area contributed by atoms with E-state index >= 15 is 0 Å². The molecule has 1 heterocycles. The van der Waals surface area contributed by atoms with Crippen LogP contribution >= 0.6 is 0 Å². The van der Waals surface area contributed by atoms with Crippen molar-refractivity contribution in [1.29, 1.82) is 0 Å². The van der Waals surface area contributed by atoms with Gasteiger partial charge in [0, 0.05) is 23.1 Å². The zero-order chi connectivity index (χ0) is 23.7. The molecule has 2 amide bonds. The summed E-state index contributed by atoms with van der Waals surface area (Å²) in [5.41, 5.74) is 5.28. The van der Waals surface area contributed by atoms with E-state index in [2.05, 4.69) is 15.8 Å². The number of nitrogens with one attached hydrogen (secondary N) is 2. The number of fused-ring (bicyclic) bond motifs is 2. The standard InChI is InChI=1S/C27H22FN3O3/c1-16-24-22(30-31-26(32)19-11-6-9-17-8-2-3-10-18(17)19)14-7-15-23(24)34-25(16)27(33)29-21-13-5-4-12-20(21)28/h2-6,8-13H,7,14-15H2,1H3,(H,29,33)(H,31,32)/b30-22+. The van der Waals surface area contributed by atoms with Gasteiger partial charge in [0.05, 0.1) is 11.4 Å². The van der Waals surface area contributed by atoms with Crippen LogP contribution in [0, 0.1) is 12.7 Å². The lowest BCUT2D eigenvalue weighted by Crippen LogP contribution is -2.22. The highest BCUT2D eigenvalue weighted by atomic mass is 19.1. The Morgan fingerprint density at radius 3 is 2.56 bits per heavy atom. The lowest BCUT2D eigenvalue weighted by Gasteiger charge is -2.13. The van der Waals surface area contributed by atoms with Crippen LogP contribution in [0.25, 0.3) is 10.8 Å². The molecule has 4 aromatic rings. The minimum atomic E-state index is -0.531. The maximum absolute atomic E-state index is 14.0. The van der Waals surface area contributed by atoms with E-state index in [0.717, 1.165) is 22.8 Å². The number of hydrogen-bond donors (Lipinski definition) is 2. The molecule has 34 heavy (non-hydrogen) atoms. The first kappa shape index (κ1) is 21.6. The number of nitrogens with zero attached hydrogens (tertiary/aromatic N) is 1. The minimum Gasteiger partial charge on any atom is -0.455 e. The predicted octanol–water partition coefficient (Wildman–Crippen LogP) is 5.60. The molecule has 5 rings (SSSR count). The molecule has 7 heteroatoms. The number of rotatable bonds is 4. The number of benzene rings is 3. The van der Waals surface area contributed by atoms with Crippen LogP contribution in [0.5, 0.6) is 0 Å². The van der Waals surface area contributed by atoms with Gasteiger partial charge in [-0.1, -0.05) is 48.5 Å². The number of carbonyl (C=O) groups excluding carboxylic acids is 2. The predicted molar refractivity (Wildman–Crippen MR) is 129 cm³/mol. The maximum Gasteiger partial charge on any atom is 0.291 e. The summed E-state index contributed by atoms with van der Waals surface area (Å²) < 4.78 is 19.8. The van der Waals surface area contributed by atoms with Crippen LogP contribution in [-0.4, -0.2) is 17.5 Å². The SMILES string of the molecule is Cc1c(C(=O)Nc2ccccc2F)oc2c1/C(=N/NC(=O)c1cccc3ccccc13)CCC2. The van der Waals surface area contributed by atoms with Crippen LogP contribution < -0.4 is 10.7 Å². The van der Waals surface area contributed by atoms with Crippen molar-refractivity contribution in [1.82, 2.24) is 5.43 Å². The molecule has 0 spiro atoms. The number of aryl methyl sites for hydroxylation is 1. The third-order valence-electron chi connectivity index (χ3n) is 5.98. The van der Waals surface area contributed by atoms with E-state index in [9.17, 15) is 14.0 Å². The average molecular weight is 455 g/mol. The Labute approximate surface area is 195 Å². The topological polar surface area (TPSA) is 83.7 Å². The molecular formula is C27H22FN3O3. The first-order valence-corrected chi connectivity index (χ1v) is 11.1. The number of hydrogen-bond acceptors (Lipinski definition) is 4. The first-order valence-electron chi connectivity index (χ1n) is 11.1. The molecule has 0 unspecified atom stereocenters. The van der Waals surface area contributed by atoms with Gasteiger partial charge in [0.1, 0.15) is 11.6 Å². The van der Waals surface area contributed by atoms with E-state index < -0.39 is 11.7 Å². The number of amides is 2. The lowest BCUT2D eigenvalue weighted by molar-refractivity contribution is 0.0955. The summed E-state index contributed by atoms with van der Waals surface area (Å²) >= 11 is 0. The molecule has 170 valence electrons. The van der Waals surface area contributed by atoms with Crippen molar-refractivity contribution in [2.75, 3.05) is 5.32 Å². The summed E-state index contributed by atoms with van der Waals surface area (Å²) in [6.07, 6.45) is 2.06. The zero-order valence-corrected chi connectivity index (χ0v) is 18.5. The second-order valence-corrected chi connectivity index (χ2v) is 8.17. The van der Waals surface area contributed by atoms with Gasteiger partial charge in [-0.3, -0.25) is 9.59 Å². The summed E-state index contributed by atoms with van der Waals surface area (Å²) in [5.74, 6) is -0.613. The van der Waals surface area contributed by atoms with Crippen molar-refractivity contribution in [3.63, 3.8) is 0 Å². The average Bonchev–Trinajstić information content (AvgIpc) is 3.20. The molecule has 0 radical (unpaired) electrons. The van der Waals surface area contributed by atoms with Crippen LogP contribution in [0.2, 0.25) is 0 Å². The summed E-state index contributed by atoms with van der Waals surface area (Å²) in [6, 6.07) is 19.2. The third kappa shape index (κ3) is 3.96. The van der Waals surface area contributed by atoms with Gasteiger partial charge in [-0.05, 0) is 48.7 Å². The normalized spacial score (nSPS) is 14.1. The molecule has 0 saturated heterocycles. The number of hydrazone groups is 1. The number of carbonyl (C=O) groups is 2. The van der Waals surface area contributed by atoms with Crippen molar-refractivity contribution in [3.8, 4) is 0 Å². The van der Waals surface area contributed by atoms with E-state index in [1.807, 2.05) is 36.4 Å². The number of para-hydroxylation sites is 1. The van der Waals surface area contributed by atoms with Crippen molar-refractivity contribution in [2.45, 2.75) is 26.2 Å². The van der Waals surface area contributed by atoms with Crippen LogP contribution in [0.4, 0.5) is 10.1 Å². The number of halogens is 1. The molecular weight excluding hydrogens is 433 g/mol. The summed E-state index contributed by atoms with van der Waals surface area (Å²) in [7, 11) is 0. The molecule has 0 atom stereocenters. The van der Waals surface area contributed by atoms with Crippen molar-refractivity contribution in [2.24, 2.45) is 5.10 Å². The molecule has 1 aromatic heterocycles. The first-order chi connectivity index (χ1) is 16.5. The Kier molecular flexibility index (Phi) is 5.67. The van der Waals surface area contributed by atoms with Crippen LogP contribution in [0.1, 0.15) is 50.6 Å². The molecule has 0 saturated carbocycles. The quantitative estimate of drug-likeness (QED) is 0.393. The van der Waals surface area contributed by atoms with Crippen LogP contribution in [-0.2, 0) is 6.42 Å². The van der Waals surface area contributed by atoms with Crippen LogP contribution in [0.15, 0.2) is 76.2 Å². The molecule has 3 aromatic carbocycles. The van der Waals surface area contributed by atoms with Gasteiger partial charge in [0.25, 0.3) is 11.8 Å². The Hall–Kier alpha value is -4.26. The van der Waals surface area contributed by atoms with Gasteiger partial charge in [-0.25, -0.2) is 9.82 Å². The Bertz CT molecular complexity index is 1450. The zero-order valence-electron chi connectivity index (χ0n) is 18.5. The fourth-order valence-corrected chi connectivity index (χ4v) is 4.34. The van der Waals surface area contributed by atoms with Crippen molar-refractivity contribution >= 4 is 34.0 Å². The number of furan rings is 1. The van der Waals surface area contributed by atoms with Gasteiger partial charge in [-0.15, -0.1) is 0 Å². The molecule has 0 aliphatic heterocycles. The van der Waals surface area contributed by atoms with Crippen molar-refractivity contribution < 1.29 is 18.4 Å². The molecule has 1 aliphatic rings. The highest BCUT2D eigenvalue weighted by Crippen LogP contribution is 2.30. The Balaban J connectivity index is 1.41. The maximum atomic E-state index is 14.0. The molecule has 0 bridgehead atoms. The fraction of sp³-hybridized carbons (Fsp3) is 0.148. The fourth-order valence-electron chi connectivity index (χ4n) is 4.34. The van der Waals surface area contributed by atoms with E-state index in [1.54, 1.807) is 25.1 Å². The van der Waals surface area contributed by atoms with Gasteiger partial charge < -0.3 is 9.73 Å². The molecule has 2 N–H and O–H groups in total. The van der Waals surface area contributed by atoms with E-state index in [0.29, 0.717) is 35.4 Å². The van der Waals surface area contributed by atoms with Crippen LogP contribution in [0.3, 0.4) is 0 Å². The van der Waals surface area contributed by atoms with E-state index in [1.165, 1.54) is 12.1 Å². The number of anilines is 1. The second kappa shape index (κ2) is 8.94. The minimum absolute atomic E-state index is 0.0810. The second-order valence-electron chi connectivity index (χ2n) is 8.17. The van der Waals surface area contributed by atoms with E-state index in [-0.39, 0.29) is 17.4 Å². The molecule has 0 fully saturated rings. The third-order valence-corrected chi connectivity index (χ3v) is 5.98. The smallest absolute Gasteiger partial charge is 0.291 e. The summed E-state index contributed by atoms with van der Waals surface area (Å²) in [5, 5.41) is 8.78. The Morgan fingerprint density at radius 2 is 1.71 bits per heavy atom. The van der Waals surface area contributed by atoms with Gasteiger partial charge >= 0.3 is 0 Å². The van der Waals surface area contributed by atoms with Gasteiger partial charge in [0.2, 0.25) is 0 Å². The summed E-state index contributed by atoms with van der Waals surface area (Å²) in [4.78, 5) is 25.7. The van der Waals surface area contributed by atoms with E-state index in [4.69, 9.17) is 4.42 Å². The Morgan fingerprint density at radius 1 is 0.941 bits per heavy atom. The largest absolute Gasteiger partial charge is 0.455 e.